The number of anilines is 1. The molecule has 1 aromatic carbocycles. The molecule has 1 atom stereocenters. The number of hydrogen-bond acceptors (Lipinski definition) is 4. The van der Waals surface area contributed by atoms with Gasteiger partial charge < -0.3 is 10.2 Å². The lowest BCUT2D eigenvalue weighted by Gasteiger charge is -2.23. The fourth-order valence-electron chi connectivity index (χ4n) is 2.86. The molecule has 0 bridgehead atoms. The lowest BCUT2D eigenvalue weighted by atomic mass is 10.0. The maximum atomic E-state index is 12.2. The van der Waals surface area contributed by atoms with Gasteiger partial charge in [-0.1, -0.05) is 32.0 Å². The van der Waals surface area contributed by atoms with Gasteiger partial charge >= 0.3 is 0 Å². The van der Waals surface area contributed by atoms with Gasteiger partial charge in [-0.05, 0) is 24.0 Å². The highest BCUT2D eigenvalue weighted by molar-refractivity contribution is 7.91. The molecule has 1 heterocycles. The van der Waals surface area contributed by atoms with E-state index in [0.717, 1.165) is 5.56 Å². The number of carbonyl (C=O) groups excluding carboxylic acids is 2. The van der Waals surface area contributed by atoms with Gasteiger partial charge in [0.1, 0.15) is 6.42 Å². The Kier molecular flexibility index (Phi) is 5.64. The van der Waals surface area contributed by atoms with Crippen molar-refractivity contribution in [3.63, 3.8) is 0 Å². The first-order valence-electron chi connectivity index (χ1n) is 8.04. The Morgan fingerprint density at radius 2 is 1.96 bits per heavy atom. The highest BCUT2D eigenvalue weighted by Crippen LogP contribution is 2.24. The first-order chi connectivity index (χ1) is 11.2. The maximum absolute atomic E-state index is 12.2. The minimum absolute atomic E-state index is 0.0208. The average molecular weight is 352 g/mol. The molecule has 0 saturated carbocycles. The molecule has 1 unspecified atom stereocenters. The Morgan fingerprint density at radius 1 is 1.29 bits per heavy atom. The third-order valence-electron chi connectivity index (χ3n) is 4.32. The van der Waals surface area contributed by atoms with Gasteiger partial charge in [0.2, 0.25) is 11.8 Å². The van der Waals surface area contributed by atoms with Crippen LogP contribution in [0.5, 0.6) is 0 Å². The molecule has 1 aliphatic rings. The van der Waals surface area contributed by atoms with E-state index in [-0.39, 0.29) is 41.7 Å². The first-order valence-corrected chi connectivity index (χ1v) is 9.86. The van der Waals surface area contributed by atoms with Crippen molar-refractivity contribution in [3.05, 3.63) is 29.8 Å². The second kappa shape index (κ2) is 7.34. The van der Waals surface area contributed by atoms with Crippen LogP contribution in [0.3, 0.4) is 0 Å². The van der Waals surface area contributed by atoms with Crippen molar-refractivity contribution in [2.24, 2.45) is 0 Å². The summed E-state index contributed by atoms with van der Waals surface area (Å²) in [4.78, 5) is 25.8. The van der Waals surface area contributed by atoms with Crippen LogP contribution >= 0.6 is 0 Å². The van der Waals surface area contributed by atoms with Crippen LogP contribution in [0.2, 0.25) is 0 Å². The number of sulfone groups is 1. The van der Waals surface area contributed by atoms with Crippen molar-refractivity contribution in [2.45, 2.75) is 38.6 Å². The lowest BCUT2D eigenvalue weighted by Crippen LogP contribution is -2.39. The van der Waals surface area contributed by atoms with E-state index in [1.807, 2.05) is 38.1 Å². The molecule has 1 aliphatic heterocycles. The summed E-state index contributed by atoms with van der Waals surface area (Å²) in [6.07, 6.45) is 0.141. The van der Waals surface area contributed by atoms with Crippen LogP contribution < -0.4 is 5.32 Å². The zero-order valence-corrected chi connectivity index (χ0v) is 15.1. The average Bonchev–Trinajstić information content (AvgIpc) is 2.86. The molecule has 1 N–H and O–H groups in total. The molecular weight excluding hydrogens is 328 g/mol. The molecule has 0 spiro atoms. The third-order valence-corrected chi connectivity index (χ3v) is 6.07. The number of nitrogens with zero attached hydrogens (tertiary/aromatic N) is 1. The molecule has 7 heteroatoms. The van der Waals surface area contributed by atoms with Gasteiger partial charge in [0.05, 0.1) is 11.5 Å². The molecule has 2 amide bonds. The minimum Gasteiger partial charge on any atom is -0.341 e. The largest absolute Gasteiger partial charge is 0.341 e. The molecule has 1 fully saturated rings. The summed E-state index contributed by atoms with van der Waals surface area (Å²) in [7, 11) is -1.50. The van der Waals surface area contributed by atoms with Gasteiger partial charge in [0, 0.05) is 18.8 Å². The number of nitrogens with one attached hydrogen (secondary N) is 1. The summed E-state index contributed by atoms with van der Waals surface area (Å²) in [6, 6.07) is 7.16. The standard InChI is InChI=1S/C17H24N2O4S/c1-12(2)14-6-4-5-7-15(14)18-16(20)10-17(21)19(3)13-8-9-24(22,23)11-13/h4-7,12-13H,8-11H2,1-3H3,(H,18,20). The fourth-order valence-corrected chi connectivity index (χ4v) is 4.63. The number of amides is 2. The van der Waals surface area contributed by atoms with E-state index in [4.69, 9.17) is 0 Å². The number of carbonyl (C=O) groups is 2. The zero-order valence-electron chi connectivity index (χ0n) is 14.3. The topological polar surface area (TPSA) is 83.6 Å². The predicted molar refractivity (Wildman–Crippen MR) is 93.6 cm³/mol. The van der Waals surface area contributed by atoms with Crippen LogP contribution in [0.4, 0.5) is 5.69 Å². The molecule has 0 aromatic heterocycles. The highest BCUT2D eigenvalue weighted by Gasteiger charge is 2.33. The molecule has 24 heavy (non-hydrogen) atoms. The van der Waals surface area contributed by atoms with E-state index in [2.05, 4.69) is 5.32 Å². The van der Waals surface area contributed by atoms with Crippen LogP contribution in [-0.2, 0) is 19.4 Å². The summed E-state index contributed by atoms with van der Waals surface area (Å²) in [6.45, 7) is 4.06. The summed E-state index contributed by atoms with van der Waals surface area (Å²) in [5.41, 5.74) is 1.71. The Hall–Kier alpha value is -1.89. The quantitative estimate of drug-likeness (QED) is 0.819. The Bertz CT molecular complexity index is 728. The van der Waals surface area contributed by atoms with E-state index in [1.165, 1.54) is 4.90 Å². The third kappa shape index (κ3) is 4.56. The normalized spacial score (nSPS) is 19.2. The number of rotatable bonds is 5. The van der Waals surface area contributed by atoms with Crippen molar-refractivity contribution >= 4 is 27.3 Å². The second-order valence-corrected chi connectivity index (χ2v) is 8.76. The van der Waals surface area contributed by atoms with Crippen LogP contribution in [-0.4, -0.2) is 49.7 Å². The Morgan fingerprint density at radius 3 is 2.54 bits per heavy atom. The summed E-state index contributed by atoms with van der Waals surface area (Å²) < 4.78 is 23.0. The summed E-state index contributed by atoms with van der Waals surface area (Å²) in [5, 5.41) is 2.78. The molecule has 132 valence electrons. The van der Waals surface area contributed by atoms with Crippen molar-refractivity contribution in [2.75, 3.05) is 23.9 Å². The van der Waals surface area contributed by atoms with E-state index in [0.29, 0.717) is 12.1 Å². The van der Waals surface area contributed by atoms with Crippen LogP contribution in [0.15, 0.2) is 24.3 Å². The van der Waals surface area contributed by atoms with Crippen LogP contribution in [0.25, 0.3) is 0 Å². The minimum atomic E-state index is -3.06. The molecule has 0 radical (unpaired) electrons. The summed E-state index contributed by atoms with van der Waals surface area (Å²) in [5.74, 6) is -0.419. The van der Waals surface area contributed by atoms with Gasteiger partial charge in [0.15, 0.2) is 9.84 Å². The molecule has 1 aromatic rings. The van der Waals surface area contributed by atoms with E-state index >= 15 is 0 Å². The number of benzene rings is 1. The molecule has 0 aliphatic carbocycles. The van der Waals surface area contributed by atoms with Gasteiger partial charge in [-0.2, -0.15) is 0 Å². The summed E-state index contributed by atoms with van der Waals surface area (Å²) >= 11 is 0. The Balaban J connectivity index is 1.96. The molecular formula is C17H24N2O4S. The molecule has 6 nitrogen and oxygen atoms in total. The van der Waals surface area contributed by atoms with E-state index in [9.17, 15) is 18.0 Å². The lowest BCUT2D eigenvalue weighted by molar-refractivity contribution is -0.134. The predicted octanol–water partition coefficient (Wildman–Crippen LogP) is 1.78. The SMILES string of the molecule is CC(C)c1ccccc1NC(=O)CC(=O)N(C)C1CCS(=O)(=O)C1. The van der Waals surface area contributed by atoms with Gasteiger partial charge in [-0.25, -0.2) is 8.42 Å². The van der Waals surface area contributed by atoms with Crippen molar-refractivity contribution in [1.29, 1.82) is 0 Å². The second-order valence-electron chi connectivity index (χ2n) is 6.53. The first kappa shape index (κ1) is 18.4. The van der Waals surface area contributed by atoms with Crippen molar-refractivity contribution in [3.8, 4) is 0 Å². The molecule has 1 saturated heterocycles. The smallest absolute Gasteiger partial charge is 0.233 e. The van der Waals surface area contributed by atoms with E-state index in [1.54, 1.807) is 7.05 Å². The highest BCUT2D eigenvalue weighted by atomic mass is 32.2. The fraction of sp³-hybridized carbons (Fsp3) is 0.529. The van der Waals surface area contributed by atoms with Crippen molar-refractivity contribution in [1.82, 2.24) is 4.90 Å². The Labute approximate surface area is 143 Å². The van der Waals surface area contributed by atoms with Gasteiger partial charge in [-0.15, -0.1) is 0 Å². The number of para-hydroxylation sites is 1. The van der Waals surface area contributed by atoms with Crippen molar-refractivity contribution < 1.29 is 18.0 Å². The van der Waals surface area contributed by atoms with Gasteiger partial charge in [0.25, 0.3) is 0 Å². The van der Waals surface area contributed by atoms with E-state index < -0.39 is 9.84 Å². The maximum Gasteiger partial charge on any atom is 0.233 e. The molecule has 2 rings (SSSR count). The van der Waals surface area contributed by atoms with Gasteiger partial charge in [-0.3, -0.25) is 9.59 Å². The monoisotopic (exact) mass is 352 g/mol. The van der Waals surface area contributed by atoms with Crippen LogP contribution in [0.1, 0.15) is 38.2 Å². The number of hydrogen-bond donors (Lipinski definition) is 1. The van der Waals surface area contributed by atoms with Crippen LogP contribution in [0, 0.1) is 0 Å². The zero-order chi connectivity index (χ0) is 17.9.